The smallest absolute Gasteiger partial charge is 0.207 e. The summed E-state index contributed by atoms with van der Waals surface area (Å²) in [5, 5.41) is 0. The van der Waals surface area contributed by atoms with Gasteiger partial charge in [0.1, 0.15) is 0 Å². The van der Waals surface area contributed by atoms with Gasteiger partial charge in [0.15, 0.2) is 0 Å². The van der Waals surface area contributed by atoms with Crippen molar-refractivity contribution in [1.82, 2.24) is 4.72 Å². The Labute approximate surface area is 149 Å². The van der Waals surface area contributed by atoms with Crippen LogP contribution >= 0.6 is 47.8 Å². The normalized spacial score (nSPS) is 13.1. The van der Waals surface area contributed by atoms with Gasteiger partial charge >= 0.3 is 0 Å². The second-order valence-corrected chi connectivity index (χ2v) is 8.75. The Morgan fingerprint density at radius 1 is 1.00 bits per heavy atom. The number of hydrogen-bond donors (Lipinski definition) is 1. The molecule has 1 unspecified atom stereocenters. The minimum absolute atomic E-state index is 0.204. The summed E-state index contributed by atoms with van der Waals surface area (Å²) in [6.07, 6.45) is 0. The molecule has 2 rings (SSSR count). The Morgan fingerprint density at radius 3 is 2.33 bits per heavy atom. The summed E-state index contributed by atoms with van der Waals surface area (Å²) >= 11 is 10.0. The summed E-state index contributed by atoms with van der Waals surface area (Å²) in [5.41, 5.74) is 0.882. The zero-order valence-corrected chi connectivity index (χ0v) is 16.6. The van der Waals surface area contributed by atoms with Gasteiger partial charge in [0.2, 0.25) is 10.0 Å². The van der Waals surface area contributed by atoms with Crippen LogP contribution in [0.3, 0.4) is 0 Å². The van der Waals surface area contributed by atoms with Crippen LogP contribution in [0.25, 0.3) is 0 Å². The topological polar surface area (TPSA) is 46.2 Å². The second kappa shape index (κ2) is 6.91. The summed E-state index contributed by atoms with van der Waals surface area (Å²) in [7, 11) is -3.63. The van der Waals surface area contributed by atoms with Crippen molar-refractivity contribution in [1.29, 1.82) is 0 Å². The molecule has 0 aliphatic heterocycles. The third kappa shape index (κ3) is 4.16. The highest BCUT2D eigenvalue weighted by Crippen LogP contribution is 2.28. The number of rotatable bonds is 4. The fraction of sp³-hybridized carbons (Fsp3) is 0.143. The molecular formula is C14H12Br3NO2S. The summed E-state index contributed by atoms with van der Waals surface area (Å²) in [6.45, 7) is 1.81. The maximum atomic E-state index is 12.5. The molecule has 0 bridgehead atoms. The Morgan fingerprint density at radius 2 is 1.67 bits per heavy atom. The van der Waals surface area contributed by atoms with Crippen LogP contribution in [0.4, 0.5) is 0 Å². The van der Waals surface area contributed by atoms with Crippen molar-refractivity contribution < 1.29 is 8.42 Å². The lowest BCUT2D eigenvalue weighted by Gasteiger charge is -2.17. The van der Waals surface area contributed by atoms with E-state index in [-0.39, 0.29) is 10.9 Å². The number of sulfonamides is 1. The summed E-state index contributed by atoms with van der Waals surface area (Å²) in [6, 6.07) is 12.2. The average molecular weight is 498 g/mol. The molecule has 0 aromatic heterocycles. The van der Waals surface area contributed by atoms with Crippen molar-refractivity contribution >= 4 is 57.8 Å². The molecule has 0 radical (unpaired) electrons. The van der Waals surface area contributed by atoms with Crippen LogP contribution < -0.4 is 4.72 Å². The third-order valence-electron chi connectivity index (χ3n) is 2.89. The molecule has 0 amide bonds. The first-order chi connectivity index (χ1) is 9.81. The van der Waals surface area contributed by atoms with Gasteiger partial charge in [-0.15, -0.1) is 0 Å². The van der Waals surface area contributed by atoms with Crippen molar-refractivity contribution in [3.8, 4) is 0 Å². The molecule has 0 fully saturated rings. The van der Waals surface area contributed by atoms with Crippen LogP contribution in [0.15, 0.2) is 60.8 Å². The molecule has 21 heavy (non-hydrogen) atoms. The van der Waals surface area contributed by atoms with E-state index in [1.807, 2.05) is 31.2 Å². The van der Waals surface area contributed by atoms with Crippen LogP contribution in [-0.2, 0) is 10.0 Å². The van der Waals surface area contributed by atoms with E-state index in [1.54, 1.807) is 18.2 Å². The van der Waals surface area contributed by atoms with E-state index in [4.69, 9.17) is 0 Å². The lowest BCUT2D eigenvalue weighted by atomic mass is 10.1. The van der Waals surface area contributed by atoms with Gasteiger partial charge in [-0.3, -0.25) is 0 Å². The first-order valence-electron chi connectivity index (χ1n) is 6.03. The first kappa shape index (κ1) is 17.1. The molecule has 0 aliphatic rings. The average Bonchev–Trinajstić information content (AvgIpc) is 2.41. The van der Waals surface area contributed by atoms with Crippen LogP contribution in [0.5, 0.6) is 0 Å². The fourth-order valence-electron chi connectivity index (χ4n) is 1.87. The fourth-order valence-corrected chi connectivity index (χ4v) is 5.22. The van der Waals surface area contributed by atoms with Gasteiger partial charge < -0.3 is 0 Å². The Hall–Kier alpha value is -0.210. The van der Waals surface area contributed by atoms with E-state index in [9.17, 15) is 8.42 Å². The van der Waals surface area contributed by atoms with Crippen molar-refractivity contribution in [3.05, 3.63) is 61.4 Å². The molecule has 1 N–H and O–H groups in total. The molecule has 112 valence electrons. The third-order valence-corrected chi connectivity index (χ3v) is 6.64. The van der Waals surface area contributed by atoms with Crippen molar-refractivity contribution in [3.63, 3.8) is 0 Å². The molecule has 2 aromatic rings. The molecular weight excluding hydrogens is 486 g/mol. The number of hydrogen-bond acceptors (Lipinski definition) is 2. The van der Waals surface area contributed by atoms with E-state index < -0.39 is 10.0 Å². The van der Waals surface area contributed by atoms with Gasteiger partial charge in [-0.2, -0.15) is 0 Å². The SMILES string of the molecule is CC(NS(=O)(=O)c1cc(Br)ccc1Br)c1ccccc1Br. The van der Waals surface area contributed by atoms with Gasteiger partial charge in [-0.05, 0) is 52.7 Å². The lowest BCUT2D eigenvalue weighted by Crippen LogP contribution is -2.27. The van der Waals surface area contributed by atoms with E-state index in [0.29, 0.717) is 8.95 Å². The summed E-state index contributed by atoms with van der Waals surface area (Å²) < 4.78 is 29.8. The second-order valence-electron chi connectivity index (χ2n) is 4.44. The number of nitrogens with one attached hydrogen (secondary N) is 1. The Bertz CT molecular complexity index is 763. The van der Waals surface area contributed by atoms with Crippen molar-refractivity contribution in [2.75, 3.05) is 0 Å². The first-order valence-corrected chi connectivity index (χ1v) is 9.89. The van der Waals surface area contributed by atoms with Crippen molar-refractivity contribution in [2.45, 2.75) is 17.9 Å². The number of benzene rings is 2. The Kier molecular flexibility index (Phi) is 5.65. The predicted molar refractivity (Wildman–Crippen MR) is 94.7 cm³/mol. The largest absolute Gasteiger partial charge is 0.242 e. The van der Waals surface area contributed by atoms with Gasteiger partial charge in [-0.25, -0.2) is 13.1 Å². The Balaban J connectivity index is 2.34. The standard InChI is InChI=1S/C14H12Br3NO2S/c1-9(11-4-2-3-5-12(11)16)18-21(19,20)14-8-10(15)6-7-13(14)17/h2-9,18H,1H3. The summed E-state index contributed by atoms with van der Waals surface area (Å²) in [4.78, 5) is 0.204. The highest BCUT2D eigenvalue weighted by atomic mass is 79.9. The quantitative estimate of drug-likeness (QED) is 0.645. The zero-order valence-electron chi connectivity index (χ0n) is 11.0. The zero-order chi connectivity index (χ0) is 15.6. The van der Waals surface area contributed by atoms with E-state index in [1.165, 1.54) is 0 Å². The highest BCUT2D eigenvalue weighted by Gasteiger charge is 2.22. The molecule has 1 atom stereocenters. The molecule has 0 spiro atoms. The van der Waals surface area contributed by atoms with E-state index >= 15 is 0 Å². The van der Waals surface area contributed by atoms with E-state index in [2.05, 4.69) is 52.5 Å². The lowest BCUT2D eigenvalue weighted by molar-refractivity contribution is 0.566. The van der Waals surface area contributed by atoms with Gasteiger partial charge in [0.05, 0.1) is 4.90 Å². The van der Waals surface area contributed by atoms with Crippen LogP contribution in [0.2, 0.25) is 0 Å². The monoisotopic (exact) mass is 495 g/mol. The van der Waals surface area contributed by atoms with Gasteiger partial charge in [-0.1, -0.05) is 50.1 Å². The van der Waals surface area contributed by atoms with Crippen molar-refractivity contribution in [2.24, 2.45) is 0 Å². The van der Waals surface area contributed by atoms with Gasteiger partial charge in [0.25, 0.3) is 0 Å². The summed E-state index contributed by atoms with van der Waals surface area (Å²) in [5.74, 6) is 0. The maximum absolute atomic E-state index is 12.5. The van der Waals surface area contributed by atoms with E-state index in [0.717, 1.165) is 10.0 Å². The molecule has 7 heteroatoms. The van der Waals surface area contributed by atoms with Crippen LogP contribution in [0.1, 0.15) is 18.5 Å². The molecule has 0 saturated carbocycles. The minimum Gasteiger partial charge on any atom is -0.207 e. The number of halogens is 3. The predicted octanol–water partition coefficient (Wildman–Crippen LogP) is 5.01. The highest BCUT2D eigenvalue weighted by molar-refractivity contribution is 9.11. The molecule has 0 heterocycles. The molecule has 0 saturated heterocycles. The minimum atomic E-state index is -3.63. The van der Waals surface area contributed by atoms with Crippen LogP contribution in [-0.4, -0.2) is 8.42 Å². The maximum Gasteiger partial charge on any atom is 0.242 e. The van der Waals surface area contributed by atoms with Gasteiger partial charge in [0, 0.05) is 19.5 Å². The van der Waals surface area contributed by atoms with Crippen LogP contribution in [0, 0.1) is 0 Å². The molecule has 0 aliphatic carbocycles. The molecule has 2 aromatic carbocycles. The molecule has 3 nitrogen and oxygen atoms in total.